The van der Waals surface area contributed by atoms with Crippen LogP contribution in [0.4, 0.5) is 0 Å². The molecule has 0 spiro atoms. The Labute approximate surface area is 113 Å². The molecule has 2 rings (SSSR count). The summed E-state index contributed by atoms with van der Waals surface area (Å²) in [6, 6.07) is 6.35. The zero-order valence-corrected chi connectivity index (χ0v) is 11.8. The minimum Gasteiger partial charge on any atom is -0.241 e. The summed E-state index contributed by atoms with van der Waals surface area (Å²) in [6.45, 7) is 6.37. The van der Waals surface area contributed by atoms with E-state index in [1.807, 2.05) is 6.07 Å². The monoisotopic (exact) mass is 260 g/mol. The first-order valence-electron chi connectivity index (χ1n) is 6.08. The van der Waals surface area contributed by atoms with Crippen molar-refractivity contribution in [1.82, 2.24) is 9.97 Å². The second-order valence-electron chi connectivity index (χ2n) is 4.55. The summed E-state index contributed by atoms with van der Waals surface area (Å²) in [5.74, 6) is 1.36. The van der Waals surface area contributed by atoms with Crippen LogP contribution < -0.4 is 0 Å². The first-order valence-corrected chi connectivity index (χ1v) is 6.61. The number of hydrogen-bond donors (Lipinski definition) is 0. The predicted octanol–water partition coefficient (Wildman–Crippen LogP) is 3.85. The third-order valence-electron chi connectivity index (χ3n) is 3.14. The normalized spacial score (nSPS) is 10.7. The van der Waals surface area contributed by atoms with Crippen LogP contribution in [0.1, 0.15) is 22.5 Å². The van der Waals surface area contributed by atoms with Gasteiger partial charge in [0.25, 0.3) is 0 Å². The molecule has 0 N–H and O–H groups in total. The van der Waals surface area contributed by atoms with Crippen LogP contribution in [0.25, 0.3) is 11.3 Å². The number of alkyl halides is 1. The van der Waals surface area contributed by atoms with Crippen LogP contribution >= 0.6 is 11.6 Å². The summed E-state index contributed by atoms with van der Waals surface area (Å²) in [7, 11) is 0. The van der Waals surface area contributed by atoms with E-state index in [0.29, 0.717) is 12.3 Å². The zero-order valence-electron chi connectivity index (χ0n) is 11.0. The predicted molar refractivity (Wildman–Crippen MR) is 76.1 cm³/mol. The van der Waals surface area contributed by atoms with E-state index in [-0.39, 0.29) is 0 Å². The van der Waals surface area contributed by atoms with E-state index < -0.39 is 0 Å². The van der Waals surface area contributed by atoms with E-state index in [9.17, 15) is 0 Å². The summed E-state index contributed by atoms with van der Waals surface area (Å²) in [4.78, 5) is 8.80. The Hall–Kier alpha value is -1.41. The largest absolute Gasteiger partial charge is 0.241 e. The molecule has 1 aromatic carbocycles. The lowest BCUT2D eigenvalue weighted by atomic mass is 9.98. The number of halogens is 1. The Morgan fingerprint density at radius 1 is 1.06 bits per heavy atom. The standard InChI is InChI=1S/C15H17ClN2/c1-10-8-12(3)13(9-11(10)2)14-5-7-17-15(18-14)4-6-16/h5,7-9H,4,6H2,1-3H3. The molecule has 0 unspecified atom stereocenters. The minimum atomic E-state index is 0.551. The number of aryl methyl sites for hydroxylation is 4. The molecule has 0 radical (unpaired) electrons. The van der Waals surface area contributed by atoms with E-state index in [0.717, 1.165) is 11.5 Å². The molecule has 0 aliphatic heterocycles. The molecule has 3 heteroatoms. The van der Waals surface area contributed by atoms with Gasteiger partial charge in [-0.25, -0.2) is 9.97 Å². The van der Waals surface area contributed by atoms with Crippen molar-refractivity contribution in [2.45, 2.75) is 27.2 Å². The molecule has 0 amide bonds. The van der Waals surface area contributed by atoms with E-state index in [1.165, 1.54) is 22.3 Å². The quantitative estimate of drug-likeness (QED) is 0.784. The summed E-state index contributed by atoms with van der Waals surface area (Å²) >= 11 is 5.73. The van der Waals surface area contributed by atoms with Gasteiger partial charge in [-0.1, -0.05) is 6.07 Å². The highest BCUT2D eigenvalue weighted by Gasteiger charge is 2.07. The maximum Gasteiger partial charge on any atom is 0.130 e. The summed E-state index contributed by atoms with van der Waals surface area (Å²) in [5, 5.41) is 0. The second kappa shape index (κ2) is 5.49. The van der Waals surface area contributed by atoms with Gasteiger partial charge in [-0.2, -0.15) is 0 Å². The minimum absolute atomic E-state index is 0.551. The number of benzene rings is 1. The van der Waals surface area contributed by atoms with Crippen LogP contribution in [0.3, 0.4) is 0 Å². The van der Waals surface area contributed by atoms with Gasteiger partial charge >= 0.3 is 0 Å². The third kappa shape index (κ3) is 2.70. The first-order chi connectivity index (χ1) is 8.61. The first kappa shape index (κ1) is 13.0. The van der Waals surface area contributed by atoms with E-state index in [1.54, 1.807) is 6.20 Å². The van der Waals surface area contributed by atoms with Crippen LogP contribution in [0.5, 0.6) is 0 Å². The Morgan fingerprint density at radius 2 is 1.78 bits per heavy atom. The summed E-state index contributed by atoms with van der Waals surface area (Å²) < 4.78 is 0. The van der Waals surface area contributed by atoms with Crippen molar-refractivity contribution in [1.29, 1.82) is 0 Å². The van der Waals surface area contributed by atoms with Gasteiger partial charge in [0, 0.05) is 24.1 Å². The van der Waals surface area contributed by atoms with Gasteiger partial charge in [0.2, 0.25) is 0 Å². The molecule has 0 saturated carbocycles. The Kier molecular flexibility index (Phi) is 3.97. The van der Waals surface area contributed by atoms with Crippen LogP contribution in [-0.2, 0) is 6.42 Å². The molecular weight excluding hydrogens is 244 g/mol. The molecule has 0 bridgehead atoms. The fourth-order valence-corrected chi connectivity index (χ4v) is 2.16. The topological polar surface area (TPSA) is 25.8 Å². The van der Waals surface area contributed by atoms with Crippen molar-refractivity contribution in [3.8, 4) is 11.3 Å². The van der Waals surface area contributed by atoms with Crippen molar-refractivity contribution in [3.63, 3.8) is 0 Å². The van der Waals surface area contributed by atoms with Crippen LogP contribution in [0, 0.1) is 20.8 Å². The molecule has 2 nitrogen and oxygen atoms in total. The highest BCUT2D eigenvalue weighted by atomic mass is 35.5. The van der Waals surface area contributed by atoms with E-state index in [2.05, 4.69) is 42.9 Å². The number of rotatable bonds is 3. The van der Waals surface area contributed by atoms with Crippen molar-refractivity contribution in [3.05, 3.63) is 46.9 Å². The molecule has 0 atom stereocenters. The number of aromatic nitrogens is 2. The zero-order chi connectivity index (χ0) is 13.1. The van der Waals surface area contributed by atoms with Crippen molar-refractivity contribution in [2.24, 2.45) is 0 Å². The van der Waals surface area contributed by atoms with Crippen LogP contribution in [-0.4, -0.2) is 15.8 Å². The highest BCUT2D eigenvalue weighted by molar-refractivity contribution is 6.17. The van der Waals surface area contributed by atoms with E-state index in [4.69, 9.17) is 11.6 Å². The molecule has 1 heterocycles. The fourth-order valence-electron chi connectivity index (χ4n) is 1.99. The SMILES string of the molecule is Cc1cc(C)c(-c2ccnc(CCCl)n2)cc1C. The molecule has 0 aliphatic carbocycles. The Morgan fingerprint density at radius 3 is 2.50 bits per heavy atom. The van der Waals surface area contributed by atoms with Crippen molar-refractivity contribution >= 4 is 11.6 Å². The molecule has 0 aliphatic rings. The Balaban J connectivity index is 2.48. The summed E-state index contributed by atoms with van der Waals surface area (Å²) in [5.41, 5.74) is 6.00. The lowest BCUT2D eigenvalue weighted by molar-refractivity contribution is 0.947. The van der Waals surface area contributed by atoms with Gasteiger partial charge in [0.05, 0.1) is 5.69 Å². The smallest absolute Gasteiger partial charge is 0.130 e. The maximum atomic E-state index is 5.73. The van der Waals surface area contributed by atoms with Gasteiger partial charge in [-0.15, -0.1) is 11.6 Å². The lowest BCUT2D eigenvalue weighted by Gasteiger charge is -2.10. The molecule has 0 fully saturated rings. The Bertz CT molecular complexity index is 564. The fraction of sp³-hybridized carbons (Fsp3) is 0.333. The van der Waals surface area contributed by atoms with Crippen molar-refractivity contribution in [2.75, 3.05) is 5.88 Å². The lowest BCUT2D eigenvalue weighted by Crippen LogP contribution is -1.98. The maximum absolute atomic E-state index is 5.73. The molecule has 1 aromatic heterocycles. The molecule has 18 heavy (non-hydrogen) atoms. The number of hydrogen-bond acceptors (Lipinski definition) is 2. The van der Waals surface area contributed by atoms with Gasteiger partial charge in [-0.05, 0) is 49.6 Å². The summed E-state index contributed by atoms with van der Waals surface area (Å²) in [6.07, 6.45) is 2.51. The van der Waals surface area contributed by atoms with Gasteiger partial charge < -0.3 is 0 Å². The van der Waals surface area contributed by atoms with Gasteiger partial charge in [-0.3, -0.25) is 0 Å². The molecule has 2 aromatic rings. The van der Waals surface area contributed by atoms with Gasteiger partial charge in [0.1, 0.15) is 5.82 Å². The average Bonchev–Trinajstić information content (AvgIpc) is 2.34. The number of nitrogens with zero attached hydrogens (tertiary/aromatic N) is 2. The average molecular weight is 261 g/mol. The van der Waals surface area contributed by atoms with Crippen LogP contribution in [0.2, 0.25) is 0 Å². The molecular formula is C15H17ClN2. The molecule has 94 valence electrons. The van der Waals surface area contributed by atoms with Crippen molar-refractivity contribution < 1.29 is 0 Å². The molecule has 0 saturated heterocycles. The van der Waals surface area contributed by atoms with Gasteiger partial charge in [0.15, 0.2) is 0 Å². The highest BCUT2D eigenvalue weighted by Crippen LogP contribution is 2.24. The van der Waals surface area contributed by atoms with E-state index >= 15 is 0 Å². The van der Waals surface area contributed by atoms with Crippen LogP contribution in [0.15, 0.2) is 24.4 Å². The second-order valence-corrected chi connectivity index (χ2v) is 4.93. The third-order valence-corrected chi connectivity index (χ3v) is 3.33.